The zero-order valence-corrected chi connectivity index (χ0v) is 9.46. The van der Waals surface area contributed by atoms with E-state index in [1.165, 1.54) is 6.07 Å². The highest BCUT2D eigenvalue weighted by Gasteiger charge is 2.23. The number of pyridine rings is 1. The minimum absolute atomic E-state index is 0.0632. The van der Waals surface area contributed by atoms with E-state index >= 15 is 0 Å². The molecule has 0 bridgehead atoms. The lowest BCUT2D eigenvalue weighted by Crippen LogP contribution is -2.10. The first-order valence-corrected chi connectivity index (χ1v) is 4.94. The number of carbonyl (C=O) groups excluding carboxylic acids is 1. The van der Waals surface area contributed by atoms with Crippen molar-refractivity contribution < 1.29 is 18.3 Å². The number of nitriles is 1. The third kappa shape index (κ3) is 2.88. The Bertz CT molecular complexity index is 486. The van der Waals surface area contributed by atoms with Gasteiger partial charge in [-0.2, -0.15) is 5.26 Å². The summed E-state index contributed by atoms with van der Waals surface area (Å²) in [4.78, 5) is 14.8. The zero-order valence-electron chi connectivity index (χ0n) is 8.71. The average Bonchev–Trinajstić information content (AvgIpc) is 2.28. The summed E-state index contributed by atoms with van der Waals surface area (Å²) in [5.41, 5.74) is -1.63. The number of nitrogens with zero attached hydrogens (tertiary/aromatic N) is 2. The maximum Gasteiger partial charge on any atom is 0.339 e. The van der Waals surface area contributed by atoms with Crippen molar-refractivity contribution >= 4 is 17.6 Å². The molecular weight excluding hydrogens is 254 g/mol. The second-order valence-corrected chi connectivity index (χ2v) is 3.27. The Labute approximate surface area is 101 Å². The first-order valence-electron chi connectivity index (χ1n) is 4.57. The van der Waals surface area contributed by atoms with Gasteiger partial charge in [0.15, 0.2) is 0 Å². The molecule has 0 atom stereocenters. The Morgan fingerprint density at radius 3 is 2.82 bits per heavy atom. The summed E-state index contributed by atoms with van der Waals surface area (Å²) in [6, 6.07) is 2.54. The van der Waals surface area contributed by atoms with Crippen molar-refractivity contribution in [2.24, 2.45) is 0 Å². The van der Waals surface area contributed by atoms with E-state index in [9.17, 15) is 13.6 Å². The summed E-state index contributed by atoms with van der Waals surface area (Å²) in [6.45, 7) is 1.62. The standard InChI is InChI=1S/C10H7ClF2N2O2/c1-2-17-10(16)5-3-7(11)15-8(9(12)13)6(5)4-14/h3,9H,2H2,1H3. The number of halogens is 3. The fourth-order valence-electron chi connectivity index (χ4n) is 1.18. The van der Waals surface area contributed by atoms with E-state index in [0.717, 1.165) is 6.07 Å². The van der Waals surface area contributed by atoms with E-state index < -0.39 is 23.7 Å². The van der Waals surface area contributed by atoms with Crippen molar-refractivity contribution in [2.45, 2.75) is 13.3 Å². The lowest BCUT2D eigenvalue weighted by Gasteiger charge is -2.08. The molecule has 1 heterocycles. The van der Waals surface area contributed by atoms with E-state index in [4.69, 9.17) is 16.9 Å². The maximum atomic E-state index is 12.6. The Balaban J connectivity index is 3.39. The van der Waals surface area contributed by atoms with Crippen LogP contribution in [0.1, 0.15) is 35.0 Å². The summed E-state index contributed by atoms with van der Waals surface area (Å²) in [5.74, 6) is -0.879. The van der Waals surface area contributed by atoms with Crippen molar-refractivity contribution in [2.75, 3.05) is 6.61 Å². The smallest absolute Gasteiger partial charge is 0.339 e. The monoisotopic (exact) mass is 260 g/mol. The molecule has 90 valence electrons. The summed E-state index contributed by atoms with van der Waals surface area (Å²) >= 11 is 5.51. The minimum atomic E-state index is -2.99. The molecule has 0 saturated heterocycles. The van der Waals surface area contributed by atoms with Gasteiger partial charge in [0.2, 0.25) is 0 Å². The number of alkyl halides is 2. The highest BCUT2D eigenvalue weighted by molar-refractivity contribution is 6.29. The van der Waals surface area contributed by atoms with E-state index in [1.807, 2.05) is 0 Å². The molecule has 0 unspecified atom stereocenters. The second kappa shape index (κ2) is 5.55. The van der Waals surface area contributed by atoms with Gasteiger partial charge in [0, 0.05) is 0 Å². The van der Waals surface area contributed by atoms with Crippen molar-refractivity contribution in [3.63, 3.8) is 0 Å². The quantitative estimate of drug-likeness (QED) is 0.619. The van der Waals surface area contributed by atoms with Crippen LogP contribution in [-0.4, -0.2) is 17.6 Å². The van der Waals surface area contributed by atoms with Crippen LogP contribution in [0, 0.1) is 11.3 Å². The first kappa shape index (κ1) is 13.3. The molecule has 0 aliphatic rings. The summed E-state index contributed by atoms with van der Waals surface area (Å²) in [6.07, 6.45) is -2.99. The third-order valence-electron chi connectivity index (χ3n) is 1.83. The van der Waals surface area contributed by atoms with E-state index in [2.05, 4.69) is 9.72 Å². The summed E-state index contributed by atoms with van der Waals surface area (Å²) in [5, 5.41) is 8.49. The molecule has 0 N–H and O–H groups in total. The van der Waals surface area contributed by atoms with Crippen LogP contribution in [0.4, 0.5) is 8.78 Å². The van der Waals surface area contributed by atoms with Gasteiger partial charge in [-0.1, -0.05) is 11.6 Å². The molecule has 0 radical (unpaired) electrons. The normalized spacial score (nSPS) is 10.1. The van der Waals surface area contributed by atoms with Gasteiger partial charge in [0.25, 0.3) is 6.43 Å². The lowest BCUT2D eigenvalue weighted by molar-refractivity contribution is 0.0525. The van der Waals surface area contributed by atoms with Gasteiger partial charge in [0.1, 0.15) is 16.9 Å². The molecule has 0 aliphatic heterocycles. The highest BCUT2D eigenvalue weighted by Crippen LogP contribution is 2.26. The van der Waals surface area contributed by atoms with E-state index in [-0.39, 0.29) is 17.3 Å². The predicted octanol–water partition coefficient (Wildman–Crippen LogP) is 2.72. The van der Waals surface area contributed by atoms with Crippen LogP contribution >= 0.6 is 11.6 Å². The first-order chi connectivity index (χ1) is 8.01. The number of ether oxygens (including phenoxy) is 1. The predicted molar refractivity (Wildman–Crippen MR) is 54.9 cm³/mol. The van der Waals surface area contributed by atoms with Gasteiger partial charge in [-0.15, -0.1) is 0 Å². The Morgan fingerprint density at radius 2 is 2.35 bits per heavy atom. The molecular formula is C10H7ClF2N2O2. The number of rotatable bonds is 3. The Kier molecular flexibility index (Phi) is 4.35. The number of hydrogen-bond acceptors (Lipinski definition) is 4. The molecule has 7 heteroatoms. The lowest BCUT2D eigenvalue weighted by atomic mass is 10.1. The zero-order chi connectivity index (χ0) is 13.0. The van der Waals surface area contributed by atoms with Gasteiger partial charge in [-0.25, -0.2) is 18.6 Å². The van der Waals surface area contributed by atoms with E-state index in [1.54, 1.807) is 6.92 Å². The van der Waals surface area contributed by atoms with Crippen LogP contribution < -0.4 is 0 Å². The number of carbonyl (C=O) groups is 1. The molecule has 1 rings (SSSR count). The summed E-state index contributed by atoms with van der Waals surface area (Å²) in [7, 11) is 0. The van der Waals surface area contributed by atoms with Crippen LogP contribution in [0.5, 0.6) is 0 Å². The average molecular weight is 261 g/mol. The van der Waals surface area contributed by atoms with Gasteiger partial charge in [0.05, 0.1) is 17.7 Å². The SMILES string of the molecule is CCOC(=O)c1cc(Cl)nc(C(F)F)c1C#N. The number of aromatic nitrogens is 1. The van der Waals surface area contributed by atoms with Gasteiger partial charge >= 0.3 is 5.97 Å². The van der Waals surface area contributed by atoms with Gasteiger partial charge < -0.3 is 4.74 Å². The molecule has 1 aromatic rings. The number of esters is 1. The van der Waals surface area contributed by atoms with Gasteiger partial charge in [-0.3, -0.25) is 0 Å². The van der Waals surface area contributed by atoms with Crippen molar-refractivity contribution in [1.82, 2.24) is 4.98 Å². The van der Waals surface area contributed by atoms with Crippen molar-refractivity contribution in [1.29, 1.82) is 5.26 Å². The van der Waals surface area contributed by atoms with Crippen molar-refractivity contribution in [3.8, 4) is 6.07 Å². The van der Waals surface area contributed by atoms with Crippen LogP contribution in [0.3, 0.4) is 0 Å². The Hall–Kier alpha value is -1.74. The van der Waals surface area contributed by atoms with Crippen LogP contribution in [-0.2, 0) is 4.74 Å². The molecule has 0 aliphatic carbocycles. The molecule has 0 spiro atoms. The molecule has 0 amide bonds. The largest absolute Gasteiger partial charge is 0.462 e. The number of hydrogen-bond donors (Lipinski definition) is 0. The maximum absolute atomic E-state index is 12.6. The minimum Gasteiger partial charge on any atom is -0.462 e. The van der Waals surface area contributed by atoms with Crippen LogP contribution in [0.15, 0.2) is 6.07 Å². The van der Waals surface area contributed by atoms with Crippen molar-refractivity contribution in [3.05, 3.63) is 28.0 Å². The van der Waals surface area contributed by atoms with Gasteiger partial charge in [-0.05, 0) is 13.0 Å². The molecule has 1 aromatic heterocycles. The van der Waals surface area contributed by atoms with Crippen LogP contribution in [0.2, 0.25) is 5.15 Å². The fourth-order valence-corrected chi connectivity index (χ4v) is 1.38. The molecule has 0 fully saturated rings. The Morgan fingerprint density at radius 1 is 1.71 bits per heavy atom. The topological polar surface area (TPSA) is 63.0 Å². The van der Waals surface area contributed by atoms with Crippen LogP contribution in [0.25, 0.3) is 0 Å². The molecule has 4 nitrogen and oxygen atoms in total. The van der Waals surface area contributed by atoms with E-state index in [0.29, 0.717) is 0 Å². The molecule has 17 heavy (non-hydrogen) atoms. The molecule has 0 saturated carbocycles. The molecule has 0 aromatic carbocycles. The summed E-state index contributed by atoms with van der Waals surface area (Å²) < 4.78 is 29.8. The second-order valence-electron chi connectivity index (χ2n) is 2.89. The fraction of sp³-hybridized carbons (Fsp3) is 0.300. The highest BCUT2D eigenvalue weighted by atomic mass is 35.5. The third-order valence-corrected chi connectivity index (χ3v) is 2.02.